The fourth-order valence-electron chi connectivity index (χ4n) is 3.01. The molecule has 4 aromatic rings. The molecule has 0 radical (unpaired) electrons. The summed E-state index contributed by atoms with van der Waals surface area (Å²) in [5, 5.41) is 18.9. The van der Waals surface area contributed by atoms with Gasteiger partial charge in [-0.2, -0.15) is 5.10 Å². The SMILES string of the molecule is CNC(=O)Nc1cccc(-c2cnc3cc(-c4cccc(C(=O)O)c4)cnn23)c1. The van der Waals surface area contributed by atoms with Crippen LogP contribution in [0.1, 0.15) is 10.4 Å². The van der Waals surface area contributed by atoms with E-state index in [9.17, 15) is 14.7 Å². The van der Waals surface area contributed by atoms with Crippen molar-refractivity contribution in [2.24, 2.45) is 0 Å². The molecule has 2 heterocycles. The minimum atomic E-state index is -0.978. The van der Waals surface area contributed by atoms with Crippen molar-refractivity contribution in [1.82, 2.24) is 19.9 Å². The van der Waals surface area contributed by atoms with E-state index >= 15 is 0 Å². The smallest absolute Gasteiger partial charge is 0.335 e. The summed E-state index contributed by atoms with van der Waals surface area (Å²) in [5.74, 6) is -0.978. The number of hydrogen-bond acceptors (Lipinski definition) is 4. The van der Waals surface area contributed by atoms with Gasteiger partial charge in [0.2, 0.25) is 0 Å². The zero-order chi connectivity index (χ0) is 20.4. The molecule has 0 aliphatic heterocycles. The average molecular weight is 387 g/mol. The van der Waals surface area contributed by atoms with E-state index in [2.05, 4.69) is 20.7 Å². The average Bonchev–Trinajstić information content (AvgIpc) is 3.17. The number of aromatic nitrogens is 3. The number of rotatable bonds is 4. The number of amides is 2. The molecular weight excluding hydrogens is 370 g/mol. The highest BCUT2D eigenvalue weighted by Gasteiger charge is 2.11. The number of fused-ring (bicyclic) bond motifs is 1. The van der Waals surface area contributed by atoms with Gasteiger partial charge in [0, 0.05) is 23.9 Å². The Morgan fingerprint density at radius 1 is 0.966 bits per heavy atom. The molecule has 29 heavy (non-hydrogen) atoms. The van der Waals surface area contributed by atoms with Crippen LogP contribution in [0.3, 0.4) is 0 Å². The molecule has 0 saturated carbocycles. The molecule has 8 nitrogen and oxygen atoms in total. The van der Waals surface area contributed by atoms with Crippen LogP contribution in [-0.4, -0.2) is 38.8 Å². The summed E-state index contributed by atoms with van der Waals surface area (Å²) in [6.45, 7) is 0. The lowest BCUT2D eigenvalue weighted by Crippen LogP contribution is -2.24. The second-order valence-corrected chi connectivity index (χ2v) is 6.33. The second-order valence-electron chi connectivity index (χ2n) is 6.33. The van der Waals surface area contributed by atoms with Crippen LogP contribution in [0.2, 0.25) is 0 Å². The Bertz CT molecular complexity index is 1230. The largest absolute Gasteiger partial charge is 0.478 e. The number of aromatic carboxylic acids is 1. The van der Waals surface area contributed by atoms with Crippen molar-refractivity contribution >= 4 is 23.3 Å². The molecule has 3 N–H and O–H groups in total. The highest BCUT2D eigenvalue weighted by Crippen LogP contribution is 2.26. The van der Waals surface area contributed by atoms with E-state index < -0.39 is 5.97 Å². The Hall–Kier alpha value is -4.20. The number of carbonyl (C=O) groups excluding carboxylic acids is 1. The van der Waals surface area contributed by atoms with Gasteiger partial charge in [-0.15, -0.1) is 0 Å². The van der Waals surface area contributed by atoms with Gasteiger partial charge < -0.3 is 15.7 Å². The molecule has 0 atom stereocenters. The predicted octanol–water partition coefficient (Wildman–Crippen LogP) is 3.51. The van der Waals surface area contributed by atoms with Crippen LogP contribution in [0.15, 0.2) is 67.0 Å². The van der Waals surface area contributed by atoms with Crippen LogP contribution in [-0.2, 0) is 0 Å². The minimum Gasteiger partial charge on any atom is -0.478 e. The summed E-state index contributed by atoms with van der Waals surface area (Å²) in [7, 11) is 1.55. The van der Waals surface area contributed by atoms with Gasteiger partial charge in [-0.25, -0.2) is 19.1 Å². The summed E-state index contributed by atoms with van der Waals surface area (Å²) < 4.78 is 1.70. The van der Waals surface area contributed by atoms with Gasteiger partial charge in [0.15, 0.2) is 5.65 Å². The Labute approximate surface area is 165 Å². The van der Waals surface area contributed by atoms with Gasteiger partial charge in [-0.1, -0.05) is 24.3 Å². The fourth-order valence-corrected chi connectivity index (χ4v) is 3.01. The maximum Gasteiger partial charge on any atom is 0.335 e. The van der Waals surface area contributed by atoms with Crippen LogP contribution in [0.5, 0.6) is 0 Å². The Morgan fingerprint density at radius 2 is 1.76 bits per heavy atom. The van der Waals surface area contributed by atoms with Crippen molar-refractivity contribution in [2.75, 3.05) is 12.4 Å². The van der Waals surface area contributed by atoms with Gasteiger partial charge in [0.25, 0.3) is 0 Å². The van der Waals surface area contributed by atoms with Gasteiger partial charge in [-0.05, 0) is 35.9 Å². The van der Waals surface area contributed by atoms with Crippen LogP contribution < -0.4 is 10.6 Å². The molecule has 0 unspecified atom stereocenters. The molecule has 4 rings (SSSR count). The molecule has 2 aromatic carbocycles. The third-order valence-electron chi connectivity index (χ3n) is 4.45. The maximum absolute atomic E-state index is 11.5. The first kappa shape index (κ1) is 18.2. The molecule has 0 aliphatic carbocycles. The first-order chi connectivity index (χ1) is 14.0. The predicted molar refractivity (Wildman–Crippen MR) is 109 cm³/mol. The monoisotopic (exact) mass is 387 g/mol. The standard InChI is InChI=1S/C21H17N5O3/c1-22-21(29)25-17-7-3-5-14(9-17)18-12-23-19-10-16(11-24-26(18)19)13-4-2-6-15(8-13)20(27)28/h2-12H,1H3,(H,27,28)(H2,22,25,29). The Morgan fingerprint density at radius 3 is 2.55 bits per heavy atom. The van der Waals surface area contributed by atoms with E-state index in [1.54, 1.807) is 48.2 Å². The quantitative estimate of drug-likeness (QED) is 0.496. The van der Waals surface area contributed by atoms with Crippen molar-refractivity contribution in [3.05, 3.63) is 72.6 Å². The van der Waals surface area contributed by atoms with E-state index in [1.165, 1.54) is 0 Å². The molecule has 2 aromatic heterocycles. The highest BCUT2D eigenvalue weighted by atomic mass is 16.4. The zero-order valence-electron chi connectivity index (χ0n) is 15.5. The molecule has 2 amide bonds. The first-order valence-corrected chi connectivity index (χ1v) is 8.82. The lowest BCUT2D eigenvalue weighted by molar-refractivity contribution is 0.0697. The summed E-state index contributed by atoms with van der Waals surface area (Å²) >= 11 is 0. The third-order valence-corrected chi connectivity index (χ3v) is 4.45. The number of carboxylic acid groups (broad SMARTS) is 1. The molecule has 0 saturated heterocycles. The zero-order valence-corrected chi connectivity index (χ0v) is 15.5. The molecule has 0 bridgehead atoms. The number of carbonyl (C=O) groups is 2. The number of urea groups is 1. The maximum atomic E-state index is 11.5. The van der Waals surface area contributed by atoms with Crippen LogP contribution >= 0.6 is 0 Å². The fraction of sp³-hybridized carbons (Fsp3) is 0.0476. The van der Waals surface area contributed by atoms with Gasteiger partial charge in [0.1, 0.15) is 0 Å². The number of benzene rings is 2. The van der Waals surface area contributed by atoms with Crippen molar-refractivity contribution in [2.45, 2.75) is 0 Å². The molecule has 8 heteroatoms. The van der Waals surface area contributed by atoms with Crippen LogP contribution in [0, 0.1) is 0 Å². The van der Waals surface area contributed by atoms with E-state index in [0.717, 1.165) is 22.4 Å². The normalized spacial score (nSPS) is 10.7. The number of nitrogens with one attached hydrogen (secondary N) is 2. The van der Waals surface area contributed by atoms with Crippen molar-refractivity contribution in [3.63, 3.8) is 0 Å². The minimum absolute atomic E-state index is 0.215. The molecule has 144 valence electrons. The number of hydrogen-bond donors (Lipinski definition) is 3. The molecular formula is C21H17N5O3. The number of nitrogens with zero attached hydrogens (tertiary/aromatic N) is 3. The summed E-state index contributed by atoms with van der Waals surface area (Å²) in [6, 6.07) is 15.6. The lowest BCUT2D eigenvalue weighted by Gasteiger charge is -2.07. The Balaban J connectivity index is 1.71. The van der Waals surface area contributed by atoms with Crippen LogP contribution in [0.25, 0.3) is 28.0 Å². The van der Waals surface area contributed by atoms with Crippen LogP contribution in [0.4, 0.5) is 10.5 Å². The number of anilines is 1. The number of carboxylic acids is 1. The molecule has 0 fully saturated rings. The Kier molecular flexibility index (Phi) is 4.66. The van der Waals surface area contributed by atoms with E-state index in [0.29, 0.717) is 11.3 Å². The van der Waals surface area contributed by atoms with E-state index in [-0.39, 0.29) is 11.6 Å². The van der Waals surface area contributed by atoms with E-state index in [1.807, 2.05) is 30.3 Å². The van der Waals surface area contributed by atoms with Gasteiger partial charge in [-0.3, -0.25) is 0 Å². The molecule has 0 aliphatic rings. The topological polar surface area (TPSA) is 109 Å². The second kappa shape index (κ2) is 7.43. The number of imidazole rings is 1. The van der Waals surface area contributed by atoms with Gasteiger partial charge >= 0.3 is 12.0 Å². The van der Waals surface area contributed by atoms with Gasteiger partial charge in [0.05, 0.1) is 23.7 Å². The summed E-state index contributed by atoms with van der Waals surface area (Å²) in [5.41, 5.74) is 4.63. The highest BCUT2D eigenvalue weighted by molar-refractivity contribution is 5.90. The van der Waals surface area contributed by atoms with E-state index in [4.69, 9.17) is 0 Å². The van der Waals surface area contributed by atoms with Crippen molar-refractivity contribution < 1.29 is 14.7 Å². The summed E-state index contributed by atoms with van der Waals surface area (Å²) in [4.78, 5) is 27.2. The first-order valence-electron chi connectivity index (χ1n) is 8.82. The molecule has 0 spiro atoms. The van der Waals surface area contributed by atoms with Crippen molar-refractivity contribution in [3.8, 4) is 22.4 Å². The lowest BCUT2D eigenvalue weighted by atomic mass is 10.1. The van der Waals surface area contributed by atoms with Crippen molar-refractivity contribution in [1.29, 1.82) is 0 Å². The summed E-state index contributed by atoms with van der Waals surface area (Å²) in [6.07, 6.45) is 3.38. The third kappa shape index (κ3) is 3.63.